The fourth-order valence-corrected chi connectivity index (χ4v) is 3.52. The molecule has 0 spiro atoms. The summed E-state index contributed by atoms with van der Waals surface area (Å²) in [5.74, 6) is 1.21. The van der Waals surface area contributed by atoms with Crippen LogP contribution in [0.1, 0.15) is 22.7 Å². The van der Waals surface area contributed by atoms with Crippen LogP contribution in [0.15, 0.2) is 73.1 Å². The minimum Gasteiger partial charge on any atom is -0.497 e. The number of nitrogens with one attached hydrogen (secondary N) is 2. The van der Waals surface area contributed by atoms with Gasteiger partial charge in [0.2, 0.25) is 5.91 Å². The highest BCUT2D eigenvalue weighted by Crippen LogP contribution is 2.27. The van der Waals surface area contributed by atoms with Gasteiger partial charge in [-0.25, -0.2) is 4.98 Å². The van der Waals surface area contributed by atoms with E-state index in [1.54, 1.807) is 26.6 Å². The number of ether oxygens (including phenoxy) is 2. The maximum Gasteiger partial charge on any atom is 0.225 e. The zero-order valence-electron chi connectivity index (χ0n) is 16.9. The quantitative estimate of drug-likeness (QED) is 0.490. The maximum atomic E-state index is 13.0. The van der Waals surface area contributed by atoms with Crippen LogP contribution in [-0.4, -0.2) is 30.1 Å². The third-order valence-electron chi connectivity index (χ3n) is 5.06. The second-order valence-corrected chi connectivity index (χ2v) is 6.94. The highest BCUT2D eigenvalue weighted by molar-refractivity contribution is 5.81. The smallest absolute Gasteiger partial charge is 0.225 e. The van der Waals surface area contributed by atoms with Crippen LogP contribution in [0.2, 0.25) is 0 Å². The molecule has 0 aliphatic rings. The number of nitrogens with zero attached hydrogens (tertiary/aromatic N) is 1. The molecule has 0 bridgehead atoms. The second-order valence-electron chi connectivity index (χ2n) is 6.94. The second kappa shape index (κ2) is 8.69. The van der Waals surface area contributed by atoms with E-state index in [1.807, 2.05) is 60.7 Å². The Balaban J connectivity index is 1.61. The Morgan fingerprint density at radius 2 is 1.83 bits per heavy atom. The Hall–Kier alpha value is -3.80. The molecule has 0 saturated heterocycles. The first-order chi connectivity index (χ1) is 14.7. The predicted octanol–water partition coefficient (Wildman–Crippen LogP) is 4.03. The van der Waals surface area contributed by atoms with Crippen LogP contribution in [0.25, 0.3) is 11.0 Å². The molecule has 2 N–H and O–H groups in total. The molecule has 1 heterocycles. The topological polar surface area (TPSA) is 76.2 Å². The summed E-state index contributed by atoms with van der Waals surface area (Å²) in [4.78, 5) is 20.4. The fourth-order valence-electron chi connectivity index (χ4n) is 3.52. The molecule has 0 fully saturated rings. The van der Waals surface area contributed by atoms with Crippen molar-refractivity contribution >= 4 is 16.9 Å². The lowest BCUT2D eigenvalue weighted by atomic mass is 9.97. The van der Waals surface area contributed by atoms with Crippen LogP contribution in [0.3, 0.4) is 0 Å². The molecule has 4 rings (SSSR count). The molecule has 152 valence electrons. The van der Waals surface area contributed by atoms with Gasteiger partial charge < -0.3 is 19.8 Å². The third-order valence-corrected chi connectivity index (χ3v) is 5.06. The van der Waals surface area contributed by atoms with Gasteiger partial charge in [0.15, 0.2) is 0 Å². The molecule has 0 aliphatic carbocycles. The fraction of sp³-hybridized carbons (Fsp3) is 0.167. The van der Waals surface area contributed by atoms with Crippen molar-refractivity contribution in [2.75, 3.05) is 14.2 Å². The number of imidazole rings is 1. The molecule has 0 saturated carbocycles. The number of hydrogen-bond acceptors (Lipinski definition) is 4. The average Bonchev–Trinajstić information content (AvgIpc) is 3.26. The standard InChI is InChI=1S/C24H23N3O3/c1-29-19-10-8-17(22(14-19)30-2)13-23(28)27-24(16-6-4-3-5-7-16)18-9-11-20-21(12-18)26-15-25-20/h3-12,14-15,24H,13H2,1-2H3,(H,25,26)(H,27,28)/t24-/m0/s1. The van der Waals surface area contributed by atoms with E-state index in [2.05, 4.69) is 15.3 Å². The van der Waals surface area contributed by atoms with Gasteiger partial charge in [0.05, 0.1) is 44.0 Å². The number of fused-ring (bicyclic) bond motifs is 1. The van der Waals surface area contributed by atoms with Crippen LogP contribution in [0, 0.1) is 0 Å². The summed E-state index contributed by atoms with van der Waals surface area (Å²) >= 11 is 0. The summed E-state index contributed by atoms with van der Waals surface area (Å²) in [5.41, 5.74) is 4.60. The van der Waals surface area contributed by atoms with E-state index in [-0.39, 0.29) is 18.4 Å². The van der Waals surface area contributed by atoms with Crippen molar-refractivity contribution in [2.45, 2.75) is 12.5 Å². The minimum atomic E-state index is -0.282. The van der Waals surface area contributed by atoms with Crippen molar-refractivity contribution in [1.29, 1.82) is 0 Å². The number of rotatable bonds is 7. The van der Waals surface area contributed by atoms with Crippen molar-refractivity contribution in [1.82, 2.24) is 15.3 Å². The van der Waals surface area contributed by atoms with Gasteiger partial charge in [-0.1, -0.05) is 42.5 Å². The number of carbonyl (C=O) groups excluding carboxylic acids is 1. The van der Waals surface area contributed by atoms with Gasteiger partial charge in [-0.3, -0.25) is 4.79 Å². The summed E-state index contributed by atoms with van der Waals surface area (Å²) in [5, 5.41) is 3.17. The molecule has 1 amide bonds. The highest BCUT2D eigenvalue weighted by Gasteiger charge is 2.19. The normalized spacial score (nSPS) is 11.8. The van der Waals surface area contributed by atoms with E-state index < -0.39 is 0 Å². The van der Waals surface area contributed by atoms with Crippen molar-refractivity contribution in [2.24, 2.45) is 0 Å². The summed E-state index contributed by atoms with van der Waals surface area (Å²) in [6.07, 6.45) is 1.86. The Kier molecular flexibility index (Phi) is 5.66. The van der Waals surface area contributed by atoms with Gasteiger partial charge in [-0.15, -0.1) is 0 Å². The molecular formula is C24H23N3O3. The van der Waals surface area contributed by atoms with Crippen LogP contribution in [-0.2, 0) is 11.2 Å². The summed E-state index contributed by atoms with van der Waals surface area (Å²) in [7, 11) is 3.19. The molecule has 30 heavy (non-hydrogen) atoms. The molecule has 4 aromatic rings. The Labute approximate surface area is 174 Å². The van der Waals surface area contributed by atoms with E-state index in [0.29, 0.717) is 11.5 Å². The molecule has 6 heteroatoms. The summed E-state index contributed by atoms with van der Waals surface area (Å²) < 4.78 is 10.7. The molecule has 1 aromatic heterocycles. The SMILES string of the molecule is COc1ccc(CC(=O)N[C@@H](c2ccccc2)c2ccc3nc[nH]c3c2)c(OC)c1. The highest BCUT2D eigenvalue weighted by atomic mass is 16.5. The van der Waals surface area contributed by atoms with Crippen LogP contribution in [0.4, 0.5) is 0 Å². The summed E-state index contributed by atoms with van der Waals surface area (Å²) in [6, 6.07) is 21.1. The van der Waals surface area contributed by atoms with Crippen molar-refractivity contribution in [3.8, 4) is 11.5 Å². The lowest BCUT2D eigenvalue weighted by Crippen LogP contribution is -2.30. The van der Waals surface area contributed by atoms with Gasteiger partial charge in [0, 0.05) is 11.6 Å². The number of aromatic amines is 1. The Morgan fingerprint density at radius 1 is 1.00 bits per heavy atom. The van der Waals surface area contributed by atoms with E-state index in [4.69, 9.17) is 9.47 Å². The first kappa shape index (κ1) is 19.5. The largest absolute Gasteiger partial charge is 0.497 e. The van der Waals surface area contributed by atoms with Gasteiger partial charge in [0.1, 0.15) is 11.5 Å². The Morgan fingerprint density at radius 3 is 2.60 bits per heavy atom. The molecule has 0 aliphatic heterocycles. The van der Waals surface area contributed by atoms with E-state index in [9.17, 15) is 4.79 Å². The van der Waals surface area contributed by atoms with E-state index >= 15 is 0 Å². The number of aromatic nitrogens is 2. The Bertz CT molecular complexity index is 1150. The molecule has 0 radical (unpaired) electrons. The molecule has 3 aromatic carbocycles. The average molecular weight is 401 g/mol. The molecular weight excluding hydrogens is 378 g/mol. The predicted molar refractivity (Wildman–Crippen MR) is 116 cm³/mol. The lowest BCUT2D eigenvalue weighted by Gasteiger charge is -2.20. The summed E-state index contributed by atoms with van der Waals surface area (Å²) in [6.45, 7) is 0. The maximum absolute atomic E-state index is 13.0. The first-order valence-electron chi connectivity index (χ1n) is 9.66. The third kappa shape index (κ3) is 4.12. The molecule has 0 unspecified atom stereocenters. The number of amides is 1. The molecule has 1 atom stereocenters. The molecule has 6 nitrogen and oxygen atoms in total. The minimum absolute atomic E-state index is 0.1000. The number of benzene rings is 3. The van der Waals surface area contributed by atoms with Crippen molar-refractivity contribution in [3.05, 3.63) is 89.7 Å². The number of carbonyl (C=O) groups is 1. The van der Waals surface area contributed by atoms with E-state index in [1.165, 1.54) is 0 Å². The van der Waals surface area contributed by atoms with Gasteiger partial charge >= 0.3 is 0 Å². The monoisotopic (exact) mass is 401 g/mol. The number of methoxy groups -OCH3 is 2. The lowest BCUT2D eigenvalue weighted by molar-refractivity contribution is -0.121. The van der Waals surface area contributed by atoms with Gasteiger partial charge in [0.25, 0.3) is 0 Å². The van der Waals surface area contributed by atoms with Gasteiger partial charge in [-0.2, -0.15) is 0 Å². The van der Waals surface area contributed by atoms with Crippen LogP contribution >= 0.6 is 0 Å². The number of hydrogen-bond donors (Lipinski definition) is 2. The van der Waals surface area contributed by atoms with E-state index in [0.717, 1.165) is 27.7 Å². The van der Waals surface area contributed by atoms with Crippen molar-refractivity contribution < 1.29 is 14.3 Å². The zero-order chi connectivity index (χ0) is 20.9. The van der Waals surface area contributed by atoms with Crippen LogP contribution < -0.4 is 14.8 Å². The number of H-pyrrole nitrogens is 1. The first-order valence-corrected chi connectivity index (χ1v) is 9.66. The van der Waals surface area contributed by atoms with Gasteiger partial charge in [-0.05, 0) is 29.3 Å². The zero-order valence-corrected chi connectivity index (χ0v) is 16.9. The van der Waals surface area contributed by atoms with Crippen molar-refractivity contribution in [3.63, 3.8) is 0 Å². The van der Waals surface area contributed by atoms with Crippen LogP contribution in [0.5, 0.6) is 11.5 Å².